The molecule has 0 heterocycles. The van der Waals surface area contributed by atoms with E-state index in [2.05, 4.69) is 5.32 Å². The summed E-state index contributed by atoms with van der Waals surface area (Å²) in [6.45, 7) is 4.46. The van der Waals surface area contributed by atoms with Crippen molar-refractivity contribution < 1.29 is 9.59 Å². The average molecular weight is 473 g/mol. The summed E-state index contributed by atoms with van der Waals surface area (Å²) in [5.74, 6) is 0.993. The number of carbonyl (C=O) groups is 2. The van der Waals surface area contributed by atoms with Crippen LogP contribution in [0.3, 0.4) is 0 Å². The number of hydrogen-bond donors (Lipinski definition) is 1. The first kappa shape index (κ1) is 24.7. The van der Waals surface area contributed by atoms with E-state index >= 15 is 0 Å². The Hall–Kier alpha value is -1.98. The highest BCUT2D eigenvalue weighted by atomic mass is 35.5. The van der Waals surface area contributed by atoms with Crippen molar-refractivity contribution in [1.29, 1.82) is 0 Å². The van der Waals surface area contributed by atoms with Crippen LogP contribution in [0.5, 0.6) is 0 Å². The third kappa shape index (κ3) is 7.28. The Morgan fingerprint density at radius 3 is 2.50 bits per heavy atom. The Morgan fingerprint density at radius 1 is 1.12 bits per heavy atom. The number of nitrogens with zero attached hydrogens (tertiary/aromatic N) is 1. The zero-order valence-electron chi connectivity index (χ0n) is 19.0. The summed E-state index contributed by atoms with van der Waals surface area (Å²) in [6.07, 6.45) is 4.98. The van der Waals surface area contributed by atoms with Crippen molar-refractivity contribution in [2.75, 3.05) is 5.75 Å². The molecule has 0 aliphatic heterocycles. The molecular weight excluding hydrogens is 440 g/mol. The summed E-state index contributed by atoms with van der Waals surface area (Å²) in [5.41, 5.74) is 3.30. The van der Waals surface area contributed by atoms with Gasteiger partial charge in [-0.3, -0.25) is 9.59 Å². The molecule has 1 fully saturated rings. The Bertz CT molecular complexity index is 897. The Balaban J connectivity index is 1.69. The van der Waals surface area contributed by atoms with E-state index in [4.69, 9.17) is 11.6 Å². The van der Waals surface area contributed by atoms with Crippen molar-refractivity contribution in [3.05, 3.63) is 70.2 Å². The van der Waals surface area contributed by atoms with Gasteiger partial charge in [-0.15, -0.1) is 11.8 Å². The smallest absolute Gasteiger partial charge is 0.243 e. The van der Waals surface area contributed by atoms with Gasteiger partial charge >= 0.3 is 0 Å². The summed E-state index contributed by atoms with van der Waals surface area (Å²) >= 11 is 7.63. The molecule has 1 atom stereocenters. The molecule has 0 bridgehead atoms. The molecule has 1 saturated carbocycles. The lowest BCUT2D eigenvalue weighted by molar-refractivity contribution is -0.139. The van der Waals surface area contributed by atoms with Crippen LogP contribution >= 0.6 is 23.4 Å². The fraction of sp³-hybridized carbons (Fsp3) is 0.462. The first-order valence-electron chi connectivity index (χ1n) is 11.4. The molecule has 1 aliphatic rings. The molecule has 2 aromatic carbocycles. The molecule has 4 nitrogen and oxygen atoms in total. The predicted molar refractivity (Wildman–Crippen MR) is 134 cm³/mol. The number of amides is 2. The van der Waals surface area contributed by atoms with Gasteiger partial charge in [0.05, 0.1) is 5.75 Å². The number of rotatable bonds is 10. The van der Waals surface area contributed by atoms with Crippen molar-refractivity contribution in [3.63, 3.8) is 0 Å². The number of thioether (sulfide) groups is 1. The van der Waals surface area contributed by atoms with Gasteiger partial charge in [0.15, 0.2) is 0 Å². The van der Waals surface area contributed by atoms with Gasteiger partial charge in [-0.05, 0) is 49.4 Å². The van der Waals surface area contributed by atoms with Gasteiger partial charge in [0.25, 0.3) is 0 Å². The molecule has 2 aromatic rings. The van der Waals surface area contributed by atoms with Crippen LogP contribution in [0.25, 0.3) is 0 Å². The summed E-state index contributed by atoms with van der Waals surface area (Å²) in [7, 11) is 0. The number of nitrogens with one attached hydrogen (secondary N) is 1. The minimum atomic E-state index is -0.462. The van der Waals surface area contributed by atoms with E-state index in [9.17, 15) is 9.59 Å². The highest BCUT2D eigenvalue weighted by molar-refractivity contribution is 7.99. The number of carbonyl (C=O) groups excluding carboxylic acids is 2. The molecule has 32 heavy (non-hydrogen) atoms. The zero-order chi connectivity index (χ0) is 22.9. The Kier molecular flexibility index (Phi) is 9.49. The second-order valence-electron chi connectivity index (χ2n) is 8.54. The first-order valence-corrected chi connectivity index (χ1v) is 13.0. The predicted octanol–water partition coefficient (Wildman–Crippen LogP) is 5.75. The molecule has 0 spiro atoms. The van der Waals surface area contributed by atoms with Crippen LogP contribution < -0.4 is 5.32 Å². The maximum Gasteiger partial charge on any atom is 0.243 e. The van der Waals surface area contributed by atoms with E-state index in [1.807, 2.05) is 62.4 Å². The van der Waals surface area contributed by atoms with Gasteiger partial charge in [0, 0.05) is 23.4 Å². The number of halogens is 1. The van der Waals surface area contributed by atoms with Crippen molar-refractivity contribution in [3.8, 4) is 0 Å². The quantitative estimate of drug-likeness (QED) is 0.479. The highest BCUT2D eigenvalue weighted by Crippen LogP contribution is 2.21. The van der Waals surface area contributed by atoms with E-state index in [1.165, 1.54) is 5.56 Å². The monoisotopic (exact) mass is 472 g/mol. The van der Waals surface area contributed by atoms with Crippen molar-refractivity contribution in [2.24, 2.45) is 0 Å². The zero-order valence-corrected chi connectivity index (χ0v) is 20.6. The van der Waals surface area contributed by atoms with Crippen molar-refractivity contribution in [1.82, 2.24) is 10.2 Å². The highest BCUT2D eigenvalue weighted by Gasteiger charge is 2.30. The maximum atomic E-state index is 13.3. The molecule has 172 valence electrons. The fourth-order valence-corrected chi connectivity index (χ4v) is 5.21. The molecule has 2 amide bonds. The topological polar surface area (TPSA) is 49.4 Å². The van der Waals surface area contributed by atoms with Crippen molar-refractivity contribution in [2.45, 2.75) is 70.3 Å². The fourth-order valence-electron chi connectivity index (χ4n) is 4.14. The lowest BCUT2D eigenvalue weighted by Crippen LogP contribution is -2.51. The number of benzene rings is 2. The third-order valence-corrected chi connectivity index (χ3v) is 7.17. The van der Waals surface area contributed by atoms with Gasteiger partial charge < -0.3 is 10.2 Å². The molecule has 0 radical (unpaired) electrons. The molecule has 1 N–H and O–H groups in total. The van der Waals surface area contributed by atoms with Gasteiger partial charge in [-0.2, -0.15) is 0 Å². The van der Waals surface area contributed by atoms with Crippen LogP contribution in [0.1, 0.15) is 55.7 Å². The molecule has 1 unspecified atom stereocenters. The maximum absolute atomic E-state index is 13.3. The van der Waals surface area contributed by atoms with E-state index in [0.29, 0.717) is 29.5 Å². The van der Waals surface area contributed by atoms with Gasteiger partial charge in [-0.25, -0.2) is 0 Å². The van der Waals surface area contributed by atoms with Crippen LogP contribution in [-0.2, 0) is 21.9 Å². The van der Waals surface area contributed by atoms with Crippen LogP contribution in [0.2, 0.25) is 5.02 Å². The van der Waals surface area contributed by atoms with Crippen LogP contribution in [0.4, 0.5) is 0 Å². The Labute approximate surface area is 201 Å². The van der Waals surface area contributed by atoms with Crippen LogP contribution in [-0.4, -0.2) is 34.6 Å². The SMILES string of the molecule is CCC(C(=O)NC1CCCC1)N(Cc1ccc(C)cc1)C(=O)CSCc1cccc(Cl)c1. The molecule has 1 aliphatic carbocycles. The average Bonchev–Trinajstić information content (AvgIpc) is 3.28. The molecule has 0 aromatic heterocycles. The summed E-state index contributed by atoms with van der Waals surface area (Å²) in [5, 5.41) is 3.89. The van der Waals surface area contributed by atoms with E-state index < -0.39 is 6.04 Å². The van der Waals surface area contributed by atoms with E-state index in [0.717, 1.165) is 36.8 Å². The normalized spacial score (nSPS) is 14.8. The van der Waals surface area contributed by atoms with Gasteiger partial charge in [0.1, 0.15) is 6.04 Å². The van der Waals surface area contributed by atoms with Crippen LogP contribution in [0.15, 0.2) is 48.5 Å². The second-order valence-corrected chi connectivity index (χ2v) is 9.97. The van der Waals surface area contributed by atoms with Gasteiger partial charge in [0.2, 0.25) is 11.8 Å². The summed E-state index contributed by atoms with van der Waals surface area (Å²) < 4.78 is 0. The molecule has 6 heteroatoms. The lowest BCUT2D eigenvalue weighted by atomic mass is 10.1. The van der Waals surface area contributed by atoms with E-state index in [1.54, 1.807) is 16.7 Å². The minimum Gasteiger partial charge on any atom is -0.352 e. The van der Waals surface area contributed by atoms with Gasteiger partial charge in [-0.1, -0.05) is 73.3 Å². The minimum absolute atomic E-state index is 0.00831. The number of aryl methyl sites for hydroxylation is 1. The van der Waals surface area contributed by atoms with Crippen molar-refractivity contribution >= 4 is 35.2 Å². The Morgan fingerprint density at radius 2 is 1.84 bits per heavy atom. The van der Waals surface area contributed by atoms with E-state index in [-0.39, 0.29) is 17.9 Å². The lowest BCUT2D eigenvalue weighted by Gasteiger charge is -2.31. The molecule has 3 rings (SSSR count). The van der Waals surface area contributed by atoms with Crippen LogP contribution in [0, 0.1) is 6.92 Å². The summed E-state index contributed by atoms with van der Waals surface area (Å²) in [6, 6.07) is 15.7. The second kappa shape index (κ2) is 12.3. The number of hydrogen-bond acceptors (Lipinski definition) is 3. The molecular formula is C26H33ClN2O2S. The third-order valence-electron chi connectivity index (χ3n) is 5.94. The first-order chi connectivity index (χ1) is 15.5. The summed E-state index contributed by atoms with van der Waals surface area (Å²) in [4.78, 5) is 28.2. The molecule has 0 saturated heterocycles. The largest absolute Gasteiger partial charge is 0.352 e. The standard InChI is InChI=1S/C26H33ClN2O2S/c1-3-24(26(31)28-23-9-4-5-10-23)29(16-20-13-11-19(2)12-14-20)25(30)18-32-17-21-7-6-8-22(27)15-21/h6-8,11-15,23-24H,3-5,9-10,16-18H2,1-2H3,(H,28,31).